The smallest absolute Gasteiger partial charge is 0.350 e. The van der Waals surface area contributed by atoms with Crippen molar-refractivity contribution in [2.45, 2.75) is 19.9 Å². The highest BCUT2D eigenvalue weighted by molar-refractivity contribution is 7.17. The van der Waals surface area contributed by atoms with Crippen molar-refractivity contribution in [3.63, 3.8) is 0 Å². The average molecular weight is 547 g/mol. The molecule has 3 aromatic rings. The molecule has 1 aliphatic heterocycles. The lowest BCUT2D eigenvalue weighted by Crippen LogP contribution is -2.29. The fourth-order valence-corrected chi connectivity index (χ4v) is 5.29. The molecule has 186 valence electrons. The molecule has 0 radical (unpaired) electrons. The van der Waals surface area contributed by atoms with E-state index in [0.29, 0.717) is 28.1 Å². The minimum Gasteiger partial charge on any atom is -0.507 e. The van der Waals surface area contributed by atoms with Crippen molar-refractivity contribution < 1.29 is 29.0 Å². The molecule has 0 spiro atoms. The molecule has 1 aliphatic rings. The second-order valence-electron chi connectivity index (χ2n) is 7.93. The highest BCUT2D eigenvalue weighted by Gasteiger charge is 2.48. The molecule has 11 heteroatoms. The third-order valence-corrected chi connectivity index (χ3v) is 7.63. The number of benzene rings is 2. The maximum absolute atomic E-state index is 13.3. The number of hydrogen-bond donors (Lipinski definition) is 1. The molecule has 1 atom stereocenters. The molecule has 36 heavy (non-hydrogen) atoms. The summed E-state index contributed by atoms with van der Waals surface area (Å²) in [6.45, 7) is 3.34. The van der Waals surface area contributed by atoms with E-state index in [1.807, 2.05) is 0 Å². The number of esters is 1. The highest BCUT2D eigenvalue weighted by Crippen LogP contribution is 2.45. The fraction of sp³-hybridized carbons (Fsp3) is 0.200. The van der Waals surface area contributed by atoms with E-state index in [2.05, 4.69) is 4.98 Å². The molecule has 0 aliphatic carbocycles. The third kappa shape index (κ3) is 4.34. The van der Waals surface area contributed by atoms with Gasteiger partial charge in [0.25, 0.3) is 5.78 Å². The van der Waals surface area contributed by atoms with Crippen molar-refractivity contribution in [1.29, 1.82) is 0 Å². The van der Waals surface area contributed by atoms with Crippen molar-refractivity contribution in [2.24, 2.45) is 0 Å². The first kappa shape index (κ1) is 25.7. The summed E-state index contributed by atoms with van der Waals surface area (Å²) in [7, 11) is 2.75. The molecule has 1 unspecified atom stereocenters. The Kier molecular flexibility index (Phi) is 7.08. The number of aliphatic hydroxyl groups excluding tert-OH is 1. The lowest BCUT2D eigenvalue weighted by molar-refractivity contribution is -0.132. The van der Waals surface area contributed by atoms with Gasteiger partial charge in [-0.25, -0.2) is 9.78 Å². The number of halogens is 2. The van der Waals surface area contributed by atoms with E-state index in [1.54, 1.807) is 38.1 Å². The van der Waals surface area contributed by atoms with Gasteiger partial charge in [0.05, 0.1) is 41.6 Å². The van der Waals surface area contributed by atoms with Gasteiger partial charge >= 0.3 is 11.9 Å². The van der Waals surface area contributed by atoms with Crippen LogP contribution >= 0.6 is 34.5 Å². The van der Waals surface area contributed by atoms with E-state index in [4.69, 9.17) is 32.7 Å². The molecule has 0 bridgehead atoms. The van der Waals surface area contributed by atoms with E-state index in [0.717, 1.165) is 16.2 Å². The number of carbonyl (C=O) groups excluding carboxylic acids is 3. The minimum atomic E-state index is -1.09. The van der Waals surface area contributed by atoms with Gasteiger partial charge in [-0.15, -0.1) is 0 Å². The number of Topliss-reactive ketones (excluding diaryl/α,β-unsaturated/α-hetero) is 1. The summed E-state index contributed by atoms with van der Waals surface area (Å²) in [4.78, 5) is 44.6. The Balaban J connectivity index is 1.97. The zero-order valence-corrected chi connectivity index (χ0v) is 21.9. The van der Waals surface area contributed by atoms with Gasteiger partial charge in [0.15, 0.2) is 5.13 Å². The van der Waals surface area contributed by atoms with Gasteiger partial charge in [0, 0.05) is 5.56 Å². The molecular weight excluding hydrogens is 527 g/mol. The largest absolute Gasteiger partial charge is 0.507 e. The highest BCUT2D eigenvalue weighted by atomic mass is 35.5. The molecule has 2 heterocycles. The first-order valence-corrected chi connectivity index (χ1v) is 12.1. The maximum atomic E-state index is 13.3. The quantitative estimate of drug-likeness (QED) is 0.195. The number of ether oxygens (including phenoxy) is 2. The van der Waals surface area contributed by atoms with Crippen LogP contribution in [0.3, 0.4) is 0 Å². The predicted octanol–water partition coefficient (Wildman–Crippen LogP) is 5.49. The number of ketones is 1. The van der Waals surface area contributed by atoms with Crippen LogP contribution in [0.25, 0.3) is 5.76 Å². The standard InChI is InChI=1S/C25H20Cl2N2O6S/c1-11-9-14(34-3)6-7-15(11)20(30)18-19(13-5-8-16(26)17(27)10-13)29(23(32)21(18)31)25-28-12(2)22(36-25)24(33)35-4/h5-10,19,30H,1-4H3/b20-18+. The van der Waals surface area contributed by atoms with Gasteiger partial charge in [-0.3, -0.25) is 14.5 Å². The molecule has 1 N–H and O–H groups in total. The van der Waals surface area contributed by atoms with Crippen molar-refractivity contribution in [3.8, 4) is 5.75 Å². The van der Waals surface area contributed by atoms with Crippen LogP contribution in [0, 0.1) is 13.8 Å². The topological polar surface area (TPSA) is 106 Å². The fourth-order valence-electron chi connectivity index (χ4n) is 3.97. The number of nitrogens with zero attached hydrogens (tertiary/aromatic N) is 2. The summed E-state index contributed by atoms with van der Waals surface area (Å²) in [5.74, 6) is -2.24. The molecule has 1 amide bonds. The average Bonchev–Trinajstić information content (AvgIpc) is 3.36. The van der Waals surface area contributed by atoms with Gasteiger partial charge in [-0.05, 0) is 55.3 Å². The zero-order chi connectivity index (χ0) is 26.3. The molecule has 1 aromatic heterocycles. The Labute approximate surface area is 220 Å². The molecule has 4 rings (SSSR count). The predicted molar refractivity (Wildman–Crippen MR) is 137 cm³/mol. The SMILES string of the molecule is COC(=O)c1sc(N2C(=O)C(=O)/C(=C(/O)c3ccc(OC)cc3C)C2c2ccc(Cl)c(Cl)c2)nc1C. The second-order valence-corrected chi connectivity index (χ2v) is 9.72. The summed E-state index contributed by atoms with van der Waals surface area (Å²) in [5.41, 5.74) is 1.58. The van der Waals surface area contributed by atoms with Crippen LogP contribution < -0.4 is 9.64 Å². The number of aliphatic hydroxyl groups is 1. The van der Waals surface area contributed by atoms with Gasteiger partial charge < -0.3 is 14.6 Å². The van der Waals surface area contributed by atoms with Crippen LogP contribution in [0.5, 0.6) is 5.75 Å². The van der Waals surface area contributed by atoms with Crippen molar-refractivity contribution in [2.75, 3.05) is 19.1 Å². The van der Waals surface area contributed by atoms with Crippen LogP contribution in [0.2, 0.25) is 10.0 Å². The molecule has 8 nitrogen and oxygen atoms in total. The van der Waals surface area contributed by atoms with E-state index < -0.39 is 23.7 Å². The van der Waals surface area contributed by atoms with Crippen molar-refractivity contribution in [3.05, 3.63) is 79.3 Å². The summed E-state index contributed by atoms with van der Waals surface area (Å²) < 4.78 is 10.0. The molecule has 0 saturated carbocycles. The Morgan fingerprint density at radius 1 is 1.08 bits per heavy atom. The number of methoxy groups -OCH3 is 2. The third-order valence-electron chi connectivity index (χ3n) is 5.75. The second kappa shape index (κ2) is 9.93. The lowest BCUT2D eigenvalue weighted by atomic mass is 9.94. The number of rotatable bonds is 5. The Bertz CT molecular complexity index is 1450. The molecule has 2 aromatic carbocycles. The van der Waals surface area contributed by atoms with Crippen LogP contribution in [0.1, 0.15) is 38.1 Å². The summed E-state index contributed by atoms with van der Waals surface area (Å²) in [6, 6.07) is 8.51. The number of aromatic nitrogens is 1. The Hall–Kier alpha value is -3.40. The summed E-state index contributed by atoms with van der Waals surface area (Å²) in [6.07, 6.45) is 0. The number of hydrogen-bond acceptors (Lipinski definition) is 8. The summed E-state index contributed by atoms with van der Waals surface area (Å²) >= 11 is 13.3. The number of anilines is 1. The van der Waals surface area contributed by atoms with Crippen LogP contribution in [-0.4, -0.2) is 42.0 Å². The van der Waals surface area contributed by atoms with Crippen LogP contribution in [0.15, 0.2) is 42.0 Å². The zero-order valence-electron chi connectivity index (χ0n) is 19.6. The molecule has 1 saturated heterocycles. The minimum absolute atomic E-state index is 0.0941. The van der Waals surface area contributed by atoms with E-state index in [-0.39, 0.29) is 31.4 Å². The summed E-state index contributed by atoms with van der Waals surface area (Å²) in [5, 5.41) is 11.9. The van der Waals surface area contributed by atoms with Crippen LogP contribution in [-0.2, 0) is 14.3 Å². The van der Waals surface area contributed by atoms with E-state index in [1.165, 1.54) is 26.4 Å². The van der Waals surface area contributed by atoms with Gasteiger partial charge in [-0.1, -0.05) is 40.6 Å². The number of amides is 1. The van der Waals surface area contributed by atoms with Crippen LogP contribution in [0.4, 0.5) is 5.13 Å². The monoisotopic (exact) mass is 546 g/mol. The van der Waals surface area contributed by atoms with E-state index >= 15 is 0 Å². The molecular formula is C25H20Cl2N2O6S. The maximum Gasteiger partial charge on any atom is 0.350 e. The van der Waals surface area contributed by atoms with Gasteiger partial charge in [0.1, 0.15) is 16.4 Å². The van der Waals surface area contributed by atoms with Crippen molar-refractivity contribution >= 4 is 63.1 Å². The lowest BCUT2D eigenvalue weighted by Gasteiger charge is -2.23. The van der Waals surface area contributed by atoms with E-state index in [9.17, 15) is 19.5 Å². The van der Waals surface area contributed by atoms with Crippen molar-refractivity contribution in [1.82, 2.24) is 4.98 Å². The number of aryl methyl sites for hydroxylation is 2. The number of carbonyl (C=O) groups is 3. The van der Waals surface area contributed by atoms with Gasteiger partial charge in [-0.2, -0.15) is 0 Å². The number of thiazole rings is 1. The first-order valence-electron chi connectivity index (χ1n) is 10.6. The Morgan fingerprint density at radius 2 is 1.81 bits per heavy atom. The Morgan fingerprint density at radius 3 is 2.42 bits per heavy atom. The first-order chi connectivity index (χ1) is 17.1. The van der Waals surface area contributed by atoms with Gasteiger partial charge in [0.2, 0.25) is 0 Å². The normalized spacial score (nSPS) is 16.9. The molecule has 1 fully saturated rings.